The van der Waals surface area contributed by atoms with E-state index in [0.29, 0.717) is 24.5 Å². The summed E-state index contributed by atoms with van der Waals surface area (Å²) in [5, 5.41) is 0. The molecular formula is C20H21F3O3. The van der Waals surface area contributed by atoms with Crippen molar-refractivity contribution in [2.75, 3.05) is 6.61 Å². The highest BCUT2D eigenvalue weighted by atomic mass is 19.4. The molecule has 0 saturated carbocycles. The molecule has 0 radical (unpaired) electrons. The van der Waals surface area contributed by atoms with Crippen LogP contribution in [-0.4, -0.2) is 18.6 Å². The molecule has 0 fully saturated rings. The van der Waals surface area contributed by atoms with E-state index in [1.54, 1.807) is 12.1 Å². The highest BCUT2D eigenvalue weighted by Crippen LogP contribution is 2.24. The van der Waals surface area contributed by atoms with E-state index < -0.39 is 18.4 Å². The van der Waals surface area contributed by atoms with Crippen LogP contribution in [0.4, 0.5) is 13.2 Å². The minimum atomic E-state index is -4.71. The minimum Gasteiger partial charge on any atom is -0.494 e. The van der Waals surface area contributed by atoms with Crippen molar-refractivity contribution in [3.8, 4) is 17.2 Å². The molecule has 2 aromatic carbocycles. The van der Waals surface area contributed by atoms with Crippen molar-refractivity contribution in [1.82, 2.24) is 0 Å². The van der Waals surface area contributed by atoms with E-state index in [4.69, 9.17) is 9.47 Å². The lowest BCUT2D eigenvalue weighted by Gasteiger charge is -2.08. The number of Topliss-reactive ketones (excluding diaryl/α,β-unsaturated/α-hetero) is 1. The lowest BCUT2D eigenvalue weighted by atomic mass is 10.1. The van der Waals surface area contributed by atoms with Crippen molar-refractivity contribution >= 4 is 5.78 Å². The molecule has 0 N–H and O–H groups in total. The SMILES string of the molecule is O=C(CCCCCCOc1ccc(Oc2ccccc2)cc1)C(F)(F)F. The first kappa shape index (κ1) is 19.8. The summed E-state index contributed by atoms with van der Waals surface area (Å²) in [7, 11) is 0. The van der Waals surface area contributed by atoms with Crippen molar-refractivity contribution in [1.29, 1.82) is 0 Å². The van der Waals surface area contributed by atoms with Gasteiger partial charge >= 0.3 is 6.18 Å². The summed E-state index contributed by atoms with van der Waals surface area (Å²) in [4.78, 5) is 10.7. The lowest BCUT2D eigenvalue weighted by Crippen LogP contribution is -2.22. The Labute approximate surface area is 150 Å². The van der Waals surface area contributed by atoms with Crippen LogP contribution in [0.15, 0.2) is 54.6 Å². The van der Waals surface area contributed by atoms with Crippen LogP contribution in [0, 0.1) is 0 Å². The molecule has 0 aliphatic heterocycles. The predicted octanol–water partition coefficient (Wildman–Crippen LogP) is 5.94. The Bertz CT molecular complexity index is 667. The van der Waals surface area contributed by atoms with Gasteiger partial charge in [0.1, 0.15) is 17.2 Å². The van der Waals surface area contributed by atoms with E-state index in [-0.39, 0.29) is 6.42 Å². The number of carbonyl (C=O) groups is 1. The number of unbranched alkanes of at least 4 members (excludes halogenated alkanes) is 3. The fourth-order valence-corrected chi connectivity index (χ4v) is 2.30. The third kappa shape index (κ3) is 7.17. The van der Waals surface area contributed by atoms with Crippen molar-refractivity contribution in [2.45, 2.75) is 38.3 Å². The van der Waals surface area contributed by atoms with Gasteiger partial charge in [0.05, 0.1) is 6.61 Å². The average molecular weight is 366 g/mol. The van der Waals surface area contributed by atoms with Gasteiger partial charge in [-0.3, -0.25) is 4.79 Å². The molecule has 2 rings (SSSR count). The molecule has 0 atom stereocenters. The molecule has 0 spiro atoms. The van der Waals surface area contributed by atoms with E-state index in [9.17, 15) is 18.0 Å². The number of ketones is 1. The largest absolute Gasteiger partial charge is 0.494 e. The zero-order chi connectivity index (χ0) is 18.8. The van der Waals surface area contributed by atoms with Crippen LogP contribution in [-0.2, 0) is 4.79 Å². The van der Waals surface area contributed by atoms with Gasteiger partial charge in [0.15, 0.2) is 0 Å². The minimum absolute atomic E-state index is 0.254. The molecular weight excluding hydrogens is 345 g/mol. The van der Waals surface area contributed by atoms with Gasteiger partial charge in [0.2, 0.25) is 5.78 Å². The Morgan fingerprint density at radius 2 is 1.35 bits per heavy atom. The summed E-state index contributed by atoms with van der Waals surface area (Å²) >= 11 is 0. The number of hydrogen-bond donors (Lipinski definition) is 0. The molecule has 26 heavy (non-hydrogen) atoms. The second-order valence-electron chi connectivity index (χ2n) is 5.82. The number of rotatable bonds is 10. The van der Waals surface area contributed by atoms with Gasteiger partial charge in [-0.05, 0) is 49.2 Å². The van der Waals surface area contributed by atoms with Crippen LogP contribution >= 0.6 is 0 Å². The summed E-state index contributed by atoms with van der Waals surface area (Å²) in [5.74, 6) is 0.521. The standard InChI is InChI=1S/C20H21F3O3/c21-20(22,23)19(24)10-6-1-2-7-15-25-16-11-13-18(14-12-16)26-17-8-4-3-5-9-17/h3-5,8-9,11-14H,1-2,6-7,10,15H2. The summed E-state index contributed by atoms with van der Waals surface area (Å²) in [6, 6.07) is 16.7. The molecule has 0 aromatic heterocycles. The molecule has 0 saturated heterocycles. The van der Waals surface area contributed by atoms with Gasteiger partial charge < -0.3 is 9.47 Å². The number of alkyl halides is 3. The fourth-order valence-electron chi connectivity index (χ4n) is 2.30. The first-order valence-electron chi connectivity index (χ1n) is 8.51. The Kier molecular flexibility index (Phi) is 7.51. The number of ether oxygens (including phenoxy) is 2. The summed E-state index contributed by atoms with van der Waals surface area (Å²) in [5.41, 5.74) is 0. The van der Waals surface area contributed by atoms with Crippen molar-refractivity contribution < 1.29 is 27.4 Å². The Morgan fingerprint density at radius 3 is 2.00 bits per heavy atom. The molecule has 3 nitrogen and oxygen atoms in total. The van der Waals surface area contributed by atoms with Gasteiger partial charge in [-0.2, -0.15) is 13.2 Å². The highest BCUT2D eigenvalue weighted by Gasteiger charge is 2.36. The van der Waals surface area contributed by atoms with E-state index in [0.717, 1.165) is 18.6 Å². The predicted molar refractivity (Wildman–Crippen MR) is 92.6 cm³/mol. The van der Waals surface area contributed by atoms with Crippen molar-refractivity contribution in [2.24, 2.45) is 0 Å². The number of para-hydroxylation sites is 1. The molecule has 0 bridgehead atoms. The zero-order valence-electron chi connectivity index (χ0n) is 14.3. The van der Waals surface area contributed by atoms with Crippen LogP contribution in [0.1, 0.15) is 32.1 Å². The van der Waals surface area contributed by atoms with E-state index >= 15 is 0 Å². The number of carbonyl (C=O) groups excluding carboxylic acids is 1. The topological polar surface area (TPSA) is 35.5 Å². The summed E-state index contributed by atoms with van der Waals surface area (Å²) in [6.07, 6.45) is -2.87. The Morgan fingerprint density at radius 1 is 0.769 bits per heavy atom. The van der Waals surface area contributed by atoms with Crippen LogP contribution in [0.2, 0.25) is 0 Å². The first-order valence-corrected chi connectivity index (χ1v) is 8.51. The fraction of sp³-hybridized carbons (Fsp3) is 0.350. The average Bonchev–Trinajstić information content (AvgIpc) is 2.62. The summed E-state index contributed by atoms with van der Waals surface area (Å²) in [6.45, 7) is 0.478. The maximum atomic E-state index is 12.0. The first-order chi connectivity index (χ1) is 12.4. The second-order valence-corrected chi connectivity index (χ2v) is 5.82. The van der Waals surface area contributed by atoms with E-state index in [2.05, 4.69) is 0 Å². The van der Waals surface area contributed by atoms with E-state index in [1.165, 1.54) is 0 Å². The molecule has 0 amide bonds. The van der Waals surface area contributed by atoms with Crippen LogP contribution in [0.5, 0.6) is 17.2 Å². The molecule has 0 aliphatic carbocycles. The number of benzene rings is 2. The molecule has 0 aliphatic rings. The van der Waals surface area contributed by atoms with Crippen LogP contribution < -0.4 is 9.47 Å². The Hall–Kier alpha value is -2.50. The maximum absolute atomic E-state index is 12.0. The van der Waals surface area contributed by atoms with Crippen LogP contribution in [0.3, 0.4) is 0 Å². The molecule has 0 heterocycles. The van der Waals surface area contributed by atoms with E-state index in [1.807, 2.05) is 42.5 Å². The quantitative estimate of drug-likeness (QED) is 0.488. The number of hydrogen-bond acceptors (Lipinski definition) is 3. The van der Waals surface area contributed by atoms with Crippen molar-refractivity contribution in [3.63, 3.8) is 0 Å². The number of halogens is 3. The van der Waals surface area contributed by atoms with Gasteiger partial charge in [0.25, 0.3) is 0 Å². The summed E-state index contributed by atoms with van der Waals surface area (Å²) < 4.78 is 47.4. The normalized spacial score (nSPS) is 11.2. The van der Waals surface area contributed by atoms with Crippen molar-refractivity contribution in [3.05, 3.63) is 54.6 Å². The van der Waals surface area contributed by atoms with Gasteiger partial charge in [-0.25, -0.2) is 0 Å². The Balaban J connectivity index is 1.59. The lowest BCUT2D eigenvalue weighted by molar-refractivity contribution is -0.171. The molecule has 0 unspecified atom stereocenters. The third-order valence-corrected chi connectivity index (χ3v) is 3.69. The molecule has 2 aromatic rings. The molecule has 140 valence electrons. The smallest absolute Gasteiger partial charge is 0.449 e. The maximum Gasteiger partial charge on any atom is 0.449 e. The highest BCUT2D eigenvalue weighted by molar-refractivity contribution is 5.83. The van der Waals surface area contributed by atoms with Gasteiger partial charge in [-0.1, -0.05) is 31.0 Å². The van der Waals surface area contributed by atoms with Gasteiger partial charge in [0, 0.05) is 6.42 Å². The monoisotopic (exact) mass is 366 g/mol. The third-order valence-electron chi connectivity index (χ3n) is 3.69. The van der Waals surface area contributed by atoms with Gasteiger partial charge in [-0.15, -0.1) is 0 Å². The zero-order valence-corrected chi connectivity index (χ0v) is 14.3. The second kappa shape index (κ2) is 9.85. The van der Waals surface area contributed by atoms with Crippen LogP contribution in [0.25, 0.3) is 0 Å². The molecule has 6 heteroatoms.